The average Bonchev–Trinajstić information content (AvgIpc) is 2.46. The number of carbonyl (C=O) groups excluding carboxylic acids is 1. The summed E-state index contributed by atoms with van der Waals surface area (Å²) >= 11 is 0. The lowest BCUT2D eigenvalue weighted by Gasteiger charge is -2.43. The van der Waals surface area contributed by atoms with Gasteiger partial charge >= 0.3 is 6.09 Å². The third kappa shape index (κ3) is 5.24. The summed E-state index contributed by atoms with van der Waals surface area (Å²) in [5, 5.41) is 0. The fourth-order valence-corrected chi connectivity index (χ4v) is 2.97. The monoisotopic (exact) mass is 318 g/mol. The molecule has 0 spiro atoms. The molecule has 1 aromatic rings. The van der Waals surface area contributed by atoms with Crippen molar-refractivity contribution in [2.45, 2.75) is 58.7 Å². The maximum atomic E-state index is 12.6. The summed E-state index contributed by atoms with van der Waals surface area (Å²) in [5.74, 6) is 0. The number of hydrogen-bond acceptors (Lipinski definition) is 3. The molecule has 0 N–H and O–H groups in total. The highest BCUT2D eigenvalue weighted by atomic mass is 16.6. The van der Waals surface area contributed by atoms with E-state index in [2.05, 4.69) is 43.0 Å². The molecule has 128 valence electrons. The molecule has 0 unspecified atom stereocenters. The van der Waals surface area contributed by atoms with Crippen LogP contribution in [0.4, 0.5) is 4.79 Å². The first-order chi connectivity index (χ1) is 10.8. The second kappa shape index (κ2) is 7.35. The molecule has 1 amide bonds. The summed E-state index contributed by atoms with van der Waals surface area (Å²) in [6.07, 6.45) is 0.672. The van der Waals surface area contributed by atoms with Gasteiger partial charge in [-0.3, -0.25) is 4.90 Å². The minimum absolute atomic E-state index is 0.156. The molecule has 0 radical (unpaired) electrons. The molecule has 0 aliphatic carbocycles. The van der Waals surface area contributed by atoms with Crippen LogP contribution in [0.15, 0.2) is 30.3 Å². The van der Waals surface area contributed by atoms with Gasteiger partial charge in [0.05, 0.1) is 6.04 Å². The molecule has 1 fully saturated rings. The zero-order valence-corrected chi connectivity index (χ0v) is 15.1. The van der Waals surface area contributed by atoms with Crippen LogP contribution in [-0.4, -0.2) is 53.2 Å². The normalized spacial score (nSPS) is 19.9. The van der Waals surface area contributed by atoms with Crippen molar-refractivity contribution in [2.75, 3.05) is 19.6 Å². The van der Waals surface area contributed by atoms with Gasteiger partial charge in [0.25, 0.3) is 0 Å². The van der Waals surface area contributed by atoms with Gasteiger partial charge in [-0.2, -0.15) is 0 Å². The van der Waals surface area contributed by atoms with Crippen LogP contribution in [0.25, 0.3) is 0 Å². The van der Waals surface area contributed by atoms with Gasteiger partial charge in [-0.1, -0.05) is 30.3 Å². The number of hydrogen-bond donors (Lipinski definition) is 0. The Bertz CT molecular complexity index is 508. The van der Waals surface area contributed by atoms with Gasteiger partial charge in [0.2, 0.25) is 0 Å². The van der Waals surface area contributed by atoms with E-state index in [-0.39, 0.29) is 12.1 Å². The maximum Gasteiger partial charge on any atom is 0.410 e. The number of rotatable bonds is 3. The van der Waals surface area contributed by atoms with Crippen molar-refractivity contribution < 1.29 is 9.53 Å². The number of ether oxygens (including phenoxy) is 1. The predicted octanol–water partition coefficient (Wildman–Crippen LogP) is 3.56. The van der Waals surface area contributed by atoms with Crippen LogP contribution in [0.3, 0.4) is 0 Å². The molecule has 4 nitrogen and oxygen atoms in total. The summed E-state index contributed by atoms with van der Waals surface area (Å²) in [7, 11) is 0. The van der Waals surface area contributed by atoms with Crippen LogP contribution in [0, 0.1) is 0 Å². The first kappa shape index (κ1) is 17.8. The summed E-state index contributed by atoms with van der Waals surface area (Å²) < 4.78 is 5.61. The van der Waals surface area contributed by atoms with E-state index in [9.17, 15) is 4.79 Å². The Kier molecular flexibility index (Phi) is 5.69. The number of nitrogens with zero attached hydrogens (tertiary/aromatic N) is 2. The van der Waals surface area contributed by atoms with Crippen LogP contribution >= 0.6 is 0 Å². The van der Waals surface area contributed by atoms with Crippen LogP contribution in [0.5, 0.6) is 0 Å². The van der Waals surface area contributed by atoms with E-state index >= 15 is 0 Å². The van der Waals surface area contributed by atoms with Crippen molar-refractivity contribution in [3.8, 4) is 0 Å². The highest BCUT2D eigenvalue weighted by Crippen LogP contribution is 2.20. The lowest BCUT2D eigenvalue weighted by atomic mass is 10.0. The van der Waals surface area contributed by atoms with Gasteiger partial charge in [-0.05, 0) is 46.6 Å². The van der Waals surface area contributed by atoms with E-state index in [0.29, 0.717) is 6.04 Å². The maximum absolute atomic E-state index is 12.6. The molecule has 1 aliphatic heterocycles. The lowest BCUT2D eigenvalue weighted by Crippen LogP contribution is -2.58. The largest absolute Gasteiger partial charge is 0.444 e. The van der Waals surface area contributed by atoms with Gasteiger partial charge < -0.3 is 9.64 Å². The molecule has 1 aliphatic rings. The Morgan fingerprint density at radius 2 is 1.87 bits per heavy atom. The Hall–Kier alpha value is -1.55. The quantitative estimate of drug-likeness (QED) is 0.854. The van der Waals surface area contributed by atoms with E-state index in [1.807, 2.05) is 31.7 Å². The van der Waals surface area contributed by atoms with Gasteiger partial charge in [-0.15, -0.1) is 0 Å². The molecule has 1 atom stereocenters. The third-order valence-corrected chi connectivity index (χ3v) is 4.19. The molecule has 0 bridgehead atoms. The summed E-state index contributed by atoms with van der Waals surface area (Å²) in [5.41, 5.74) is 0.806. The minimum Gasteiger partial charge on any atom is -0.444 e. The summed E-state index contributed by atoms with van der Waals surface area (Å²) in [6, 6.07) is 11.0. The first-order valence-electron chi connectivity index (χ1n) is 8.54. The van der Waals surface area contributed by atoms with Crippen molar-refractivity contribution in [1.82, 2.24) is 9.80 Å². The first-order valence-corrected chi connectivity index (χ1v) is 8.54. The van der Waals surface area contributed by atoms with Crippen molar-refractivity contribution >= 4 is 6.09 Å². The van der Waals surface area contributed by atoms with Crippen LogP contribution in [0.1, 0.15) is 40.2 Å². The van der Waals surface area contributed by atoms with Crippen LogP contribution < -0.4 is 0 Å². The highest BCUT2D eigenvalue weighted by Gasteiger charge is 2.33. The number of carbonyl (C=O) groups is 1. The van der Waals surface area contributed by atoms with Crippen molar-refractivity contribution in [3.63, 3.8) is 0 Å². The van der Waals surface area contributed by atoms with Gasteiger partial charge in [0.15, 0.2) is 0 Å². The summed E-state index contributed by atoms with van der Waals surface area (Å²) in [4.78, 5) is 16.9. The van der Waals surface area contributed by atoms with E-state index in [1.165, 1.54) is 5.56 Å². The zero-order valence-electron chi connectivity index (χ0n) is 15.1. The highest BCUT2D eigenvalue weighted by molar-refractivity contribution is 5.68. The second-order valence-corrected chi connectivity index (χ2v) is 7.61. The Morgan fingerprint density at radius 3 is 2.43 bits per heavy atom. The molecule has 0 aromatic heterocycles. The average molecular weight is 318 g/mol. The fraction of sp³-hybridized carbons (Fsp3) is 0.632. The molecule has 1 heterocycles. The molecule has 0 saturated carbocycles. The molecule has 1 aromatic carbocycles. The van der Waals surface area contributed by atoms with Crippen molar-refractivity contribution in [1.29, 1.82) is 0 Å². The smallest absolute Gasteiger partial charge is 0.410 e. The van der Waals surface area contributed by atoms with E-state index in [4.69, 9.17) is 4.74 Å². The molecule has 2 rings (SSSR count). The van der Waals surface area contributed by atoms with Gasteiger partial charge in [0, 0.05) is 25.7 Å². The Labute approximate surface area is 140 Å². The van der Waals surface area contributed by atoms with Gasteiger partial charge in [0.1, 0.15) is 5.60 Å². The van der Waals surface area contributed by atoms with E-state index in [1.54, 1.807) is 0 Å². The fourth-order valence-electron chi connectivity index (χ4n) is 2.97. The van der Waals surface area contributed by atoms with Crippen LogP contribution in [0.2, 0.25) is 0 Å². The molecular weight excluding hydrogens is 288 g/mol. The van der Waals surface area contributed by atoms with Crippen molar-refractivity contribution in [2.24, 2.45) is 0 Å². The minimum atomic E-state index is -0.455. The van der Waals surface area contributed by atoms with E-state index in [0.717, 1.165) is 26.1 Å². The standard InChI is InChI=1S/C19H30N2O2/c1-15(2)20-11-12-21(18(22)23-19(3,4)5)17(14-20)13-16-9-7-6-8-10-16/h6-10,15,17H,11-14H2,1-5H3/t17-/m0/s1. The summed E-state index contributed by atoms with van der Waals surface area (Å²) in [6.45, 7) is 12.7. The van der Waals surface area contributed by atoms with Gasteiger partial charge in [-0.25, -0.2) is 4.79 Å². The molecular formula is C19H30N2O2. The van der Waals surface area contributed by atoms with Crippen molar-refractivity contribution in [3.05, 3.63) is 35.9 Å². The lowest BCUT2D eigenvalue weighted by molar-refractivity contribution is -0.00536. The number of piperazine rings is 1. The number of amides is 1. The SMILES string of the molecule is CC(C)N1CCN(C(=O)OC(C)(C)C)[C@@H](Cc2ccccc2)C1. The Balaban J connectivity index is 2.13. The third-order valence-electron chi connectivity index (χ3n) is 4.19. The molecule has 4 heteroatoms. The topological polar surface area (TPSA) is 32.8 Å². The molecule has 1 saturated heterocycles. The van der Waals surface area contributed by atoms with E-state index < -0.39 is 5.60 Å². The molecule has 23 heavy (non-hydrogen) atoms. The second-order valence-electron chi connectivity index (χ2n) is 7.61. The van der Waals surface area contributed by atoms with Crippen LogP contribution in [-0.2, 0) is 11.2 Å². The Morgan fingerprint density at radius 1 is 1.22 bits per heavy atom. The predicted molar refractivity (Wildman–Crippen MR) is 93.6 cm³/mol. The number of benzene rings is 1. The zero-order chi connectivity index (χ0) is 17.0.